The molecule has 0 aromatic rings. The summed E-state index contributed by atoms with van der Waals surface area (Å²) < 4.78 is 13.8. The van der Waals surface area contributed by atoms with Crippen molar-refractivity contribution in [1.82, 2.24) is 26.6 Å². The van der Waals surface area contributed by atoms with Gasteiger partial charge in [0.15, 0.2) is 12.2 Å². The third-order valence-electron chi connectivity index (χ3n) is 11.9. The number of amides is 3. The quantitative estimate of drug-likeness (QED) is 0.0306. The summed E-state index contributed by atoms with van der Waals surface area (Å²) in [5.74, 6) is -8.98. The van der Waals surface area contributed by atoms with Gasteiger partial charge in [-0.15, -0.1) is 0 Å². The topological polar surface area (TPSA) is 535 Å². The van der Waals surface area contributed by atoms with Crippen molar-refractivity contribution in [3.05, 3.63) is 0 Å². The van der Waals surface area contributed by atoms with Crippen LogP contribution in [-0.2, 0) is 76.5 Å². The first kappa shape index (κ1) is 79.3. The molecule has 472 valence electrons. The highest BCUT2D eigenvalue weighted by Gasteiger charge is 2.31. The van der Waals surface area contributed by atoms with E-state index in [1.807, 2.05) is 27.7 Å². The number of carboxylic acids is 6. The summed E-state index contributed by atoms with van der Waals surface area (Å²) in [7, 11) is 3.28. The van der Waals surface area contributed by atoms with Crippen LogP contribution >= 0.6 is 0 Å². The number of nitrogens with one attached hydrogen (secondary N) is 5. The molecule has 9 atom stereocenters. The van der Waals surface area contributed by atoms with E-state index in [1.165, 1.54) is 13.8 Å². The molecule has 82 heavy (non-hydrogen) atoms. The van der Waals surface area contributed by atoms with Crippen molar-refractivity contribution in [2.24, 2.45) is 40.7 Å². The molecule has 0 radical (unpaired) electrons. The second kappa shape index (κ2) is 44.7. The minimum absolute atomic E-state index is 0.0185. The van der Waals surface area contributed by atoms with Crippen molar-refractivity contribution < 1.29 is 107 Å². The van der Waals surface area contributed by atoms with Crippen LogP contribution in [-0.4, -0.2) is 190 Å². The molecule has 3 amide bonds. The Morgan fingerprint density at radius 3 is 1.23 bits per heavy atom. The first-order valence-corrected chi connectivity index (χ1v) is 26.8. The zero-order valence-corrected chi connectivity index (χ0v) is 48.2. The zero-order valence-electron chi connectivity index (χ0n) is 48.2. The molecule has 4 rings (SSSR count). The van der Waals surface area contributed by atoms with Gasteiger partial charge in [0.1, 0.15) is 42.3 Å². The number of primary amides is 2. The van der Waals surface area contributed by atoms with Crippen LogP contribution in [0.25, 0.3) is 0 Å². The fourth-order valence-electron chi connectivity index (χ4n) is 7.07. The average Bonchev–Trinajstić information content (AvgIpc) is 4.26. The van der Waals surface area contributed by atoms with Crippen LogP contribution in [0.15, 0.2) is 0 Å². The van der Waals surface area contributed by atoms with Crippen LogP contribution in [0.2, 0.25) is 0 Å². The molecule has 1 unspecified atom stereocenters. The highest BCUT2D eigenvalue weighted by molar-refractivity contribution is 5.91. The Kier molecular flexibility index (Phi) is 43.2. The molecule has 0 bridgehead atoms. The van der Waals surface area contributed by atoms with E-state index in [4.69, 9.17) is 53.6 Å². The Balaban J connectivity index is -0.000000908. The van der Waals surface area contributed by atoms with Crippen LogP contribution in [0, 0.1) is 17.8 Å². The van der Waals surface area contributed by atoms with E-state index in [-0.39, 0.29) is 68.0 Å². The van der Waals surface area contributed by atoms with E-state index >= 15 is 0 Å². The fraction of sp³-hybridized carbons (Fsp3) is 0.745. The lowest BCUT2D eigenvalue weighted by Crippen LogP contribution is -2.41. The molecule has 19 N–H and O–H groups in total. The van der Waals surface area contributed by atoms with Gasteiger partial charge in [-0.1, -0.05) is 40.5 Å². The molecular weight excluding hydrogens is 1090 g/mol. The van der Waals surface area contributed by atoms with Crippen molar-refractivity contribution >= 4 is 77.4 Å². The maximum atomic E-state index is 11.7. The van der Waals surface area contributed by atoms with Crippen molar-refractivity contribution in [2.75, 3.05) is 27.2 Å². The molecule has 0 aromatic heterocycles. The van der Waals surface area contributed by atoms with Gasteiger partial charge in [-0.05, 0) is 123 Å². The molecule has 0 aromatic carbocycles. The first-order chi connectivity index (χ1) is 38.1. The van der Waals surface area contributed by atoms with Crippen LogP contribution in [0.4, 0.5) is 0 Å². The summed E-state index contributed by atoms with van der Waals surface area (Å²) in [5, 5.41) is 64.2. The third-order valence-corrected chi connectivity index (χ3v) is 11.9. The number of carboxylic acid groups (broad SMARTS) is 6. The molecule has 1 saturated carbocycles. The molecular formula is C51H91N9O22. The van der Waals surface area contributed by atoms with E-state index in [9.17, 15) is 62.3 Å². The van der Waals surface area contributed by atoms with Crippen molar-refractivity contribution in [1.29, 1.82) is 0 Å². The summed E-state index contributed by atoms with van der Waals surface area (Å²) in [4.78, 5) is 139. The van der Waals surface area contributed by atoms with Crippen molar-refractivity contribution in [3.63, 3.8) is 0 Å². The molecule has 1 aliphatic carbocycles. The number of hydrogen-bond acceptors (Lipinski definition) is 22. The number of esters is 4. The largest absolute Gasteiger partial charge is 0.481 e. The van der Waals surface area contributed by atoms with Gasteiger partial charge in [0.25, 0.3) is 0 Å². The number of ether oxygens (including phenoxy) is 3. The van der Waals surface area contributed by atoms with Crippen LogP contribution < -0.4 is 49.5 Å². The number of aliphatic carboxylic acids is 6. The zero-order chi connectivity index (χ0) is 63.8. The average molecular weight is 1180 g/mol. The van der Waals surface area contributed by atoms with Crippen LogP contribution in [0.5, 0.6) is 0 Å². The van der Waals surface area contributed by atoms with Gasteiger partial charge in [0, 0.05) is 19.3 Å². The standard InChI is InChI=1S/C12H23N3O4.C8H14N2O5.C8H11NO5.C7H15NO2.C6H10O2.2C5H9NO2/c1-7(2)6-9(15-3)12(18)19-11(17)8(13)4-5-10(14)16;1-4(7(12)13)15-8(14)5(9)2-3-6(10)11;1-4(7(11)12)14-8(13)5-2-3-6(10)9-5;1-5(2)4-6(8-3)7(9)10;7-6(8)5-3-1-2-4-5;2*7-5(8)4-2-1-3-6-4/h7-9,15H,4-6,13H2,1-3H3,(H2,14,16);4-5H,2-3,9H2,1H3,(H2,10,11)(H,12,13);4-5H,2-3H2,1H3,(H,9,10)(H,11,12);5-6,8H,4H2,1-3H3,(H,9,10);5H,1-4H2,(H,7,8);2*4,6H,1-3H2,(H,7,8)/t8-,9-;4-,5?;4-,5-;6-;;2*4-/m0000.00/s1. The summed E-state index contributed by atoms with van der Waals surface area (Å²) >= 11 is 0. The Bertz CT molecular complexity index is 1970. The van der Waals surface area contributed by atoms with E-state index in [1.54, 1.807) is 14.1 Å². The molecule has 31 nitrogen and oxygen atoms in total. The van der Waals surface area contributed by atoms with Crippen LogP contribution in [0.3, 0.4) is 0 Å². The highest BCUT2D eigenvalue weighted by atomic mass is 16.6. The Hall–Kier alpha value is -6.93. The van der Waals surface area contributed by atoms with Gasteiger partial charge in [0.05, 0.1) is 5.92 Å². The monoisotopic (exact) mass is 1180 g/mol. The Morgan fingerprint density at radius 1 is 0.537 bits per heavy atom. The summed E-state index contributed by atoms with van der Waals surface area (Å²) in [5.41, 5.74) is 20.6. The van der Waals surface area contributed by atoms with Gasteiger partial charge in [-0.3, -0.25) is 38.4 Å². The summed E-state index contributed by atoms with van der Waals surface area (Å²) in [6.07, 6.45) is 7.07. The SMILES string of the molecule is CN[C@@H](CC(C)C)C(=O)O.CN[C@@H](CC(C)C)C(=O)OC(=O)[C@@H](N)CCC(N)=O.C[C@H](OC(=O)C(N)CCC(N)=O)C(=O)O.C[C@H](OC(=O)[C@@H]1CCC(=O)N1)C(=O)O.O=C(O)C1CCCC1.O=C(O)[C@@H]1CCCN1.O=C(O)[C@@H]1CCCN1. The van der Waals surface area contributed by atoms with E-state index < -0.39 is 108 Å². The second-order valence-corrected chi connectivity index (χ2v) is 20.0. The number of hydrogen-bond donors (Lipinski definition) is 15. The minimum atomic E-state index is -1.26. The fourth-order valence-corrected chi connectivity index (χ4v) is 7.07. The summed E-state index contributed by atoms with van der Waals surface area (Å²) in [6, 6.07) is -4.21. The maximum absolute atomic E-state index is 11.7. The predicted molar refractivity (Wildman–Crippen MR) is 291 cm³/mol. The summed E-state index contributed by atoms with van der Waals surface area (Å²) in [6.45, 7) is 12.1. The van der Waals surface area contributed by atoms with Gasteiger partial charge in [-0.2, -0.15) is 0 Å². The lowest BCUT2D eigenvalue weighted by atomic mass is 10.0. The van der Waals surface area contributed by atoms with Gasteiger partial charge < -0.3 is 94.4 Å². The molecule has 0 spiro atoms. The lowest BCUT2D eigenvalue weighted by molar-refractivity contribution is -0.164. The molecule has 3 saturated heterocycles. The second-order valence-electron chi connectivity index (χ2n) is 20.0. The molecule has 4 fully saturated rings. The Labute approximate surface area is 476 Å². The number of likely N-dealkylation sites (N-methyl/N-ethyl adjacent to an activating group) is 2. The number of carbonyl (C=O) groups is 13. The third kappa shape index (κ3) is 40.3. The molecule has 31 heteroatoms. The van der Waals surface area contributed by atoms with Gasteiger partial charge in [-0.25, -0.2) is 24.0 Å². The first-order valence-electron chi connectivity index (χ1n) is 26.8. The molecule has 4 aliphatic rings. The van der Waals surface area contributed by atoms with Gasteiger partial charge >= 0.3 is 59.7 Å². The maximum Gasteiger partial charge on any atom is 0.344 e. The van der Waals surface area contributed by atoms with Crippen LogP contribution in [0.1, 0.15) is 144 Å². The minimum Gasteiger partial charge on any atom is -0.481 e. The van der Waals surface area contributed by atoms with E-state index in [2.05, 4.69) is 40.8 Å². The van der Waals surface area contributed by atoms with Crippen molar-refractivity contribution in [2.45, 2.75) is 199 Å². The molecule has 3 heterocycles. The lowest BCUT2D eigenvalue weighted by Gasteiger charge is -2.17. The van der Waals surface area contributed by atoms with Gasteiger partial charge in [0.2, 0.25) is 17.7 Å². The number of nitrogens with two attached hydrogens (primary N) is 4. The normalized spacial score (nSPS) is 18.9. The Morgan fingerprint density at radius 2 is 0.951 bits per heavy atom. The predicted octanol–water partition coefficient (Wildman–Crippen LogP) is -1.23. The highest BCUT2D eigenvalue weighted by Crippen LogP contribution is 2.24. The van der Waals surface area contributed by atoms with E-state index in [0.717, 1.165) is 64.5 Å². The number of rotatable bonds is 24. The molecule has 3 aliphatic heterocycles. The number of carbonyl (C=O) groups excluding carboxylic acids is 7. The smallest absolute Gasteiger partial charge is 0.344 e. The van der Waals surface area contributed by atoms with Crippen molar-refractivity contribution in [3.8, 4) is 0 Å². The van der Waals surface area contributed by atoms with E-state index in [0.29, 0.717) is 25.2 Å².